The predicted octanol–water partition coefficient (Wildman–Crippen LogP) is 3.28. The smallest absolute Gasteiger partial charge is 0.156 e. The van der Waals surface area contributed by atoms with E-state index in [9.17, 15) is 0 Å². The quantitative estimate of drug-likeness (QED) is 0.897. The maximum Gasteiger partial charge on any atom is 0.156 e. The van der Waals surface area contributed by atoms with Crippen LogP contribution in [0.5, 0.6) is 5.75 Å². The van der Waals surface area contributed by atoms with Crippen LogP contribution in [0.25, 0.3) is 0 Å². The highest BCUT2D eigenvalue weighted by atomic mass is 79.9. The van der Waals surface area contributed by atoms with Gasteiger partial charge in [0, 0.05) is 17.6 Å². The van der Waals surface area contributed by atoms with Gasteiger partial charge in [-0.15, -0.1) is 0 Å². The first-order valence-corrected chi connectivity index (χ1v) is 6.88. The molecule has 0 aliphatic carbocycles. The third kappa shape index (κ3) is 3.27. The van der Waals surface area contributed by atoms with Crippen molar-refractivity contribution in [3.05, 3.63) is 21.6 Å². The summed E-state index contributed by atoms with van der Waals surface area (Å²) in [4.78, 5) is 0. The molecule has 0 aromatic heterocycles. The second kappa shape index (κ2) is 5.94. The van der Waals surface area contributed by atoms with Crippen molar-refractivity contribution in [1.82, 2.24) is 5.32 Å². The molecule has 17 heavy (non-hydrogen) atoms. The summed E-state index contributed by atoms with van der Waals surface area (Å²) < 4.78 is 6.26. The summed E-state index contributed by atoms with van der Waals surface area (Å²) in [6.07, 6.45) is 2.36. The van der Waals surface area contributed by atoms with Gasteiger partial charge in [0.25, 0.3) is 0 Å². The molecule has 0 saturated carbocycles. The lowest BCUT2D eigenvalue weighted by atomic mass is 10.1. The van der Waals surface area contributed by atoms with E-state index in [2.05, 4.69) is 26.6 Å². The van der Waals surface area contributed by atoms with E-state index in [4.69, 9.17) is 16.3 Å². The Bertz CT molecular complexity index is 394. The van der Waals surface area contributed by atoms with Crippen LogP contribution >= 0.6 is 27.5 Å². The van der Waals surface area contributed by atoms with Gasteiger partial charge in [0.05, 0.1) is 17.3 Å². The summed E-state index contributed by atoms with van der Waals surface area (Å²) in [5, 5.41) is 7.55. The molecule has 1 unspecified atom stereocenters. The second-order valence-corrected chi connectivity index (χ2v) is 5.45. The van der Waals surface area contributed by atoms with Crippen LogP contribution in [0.1, 0.15) is 12.8 Å². The Hall–Kier alpha value is -0.450. The normalized spacial score (nSPS) is 20.1. The van der Waals surface area contributed by atoms with Crippen molar-refractivity contribution >= 4 is 33.2 Å². The van der Waals surface area contributed by atoms with Gasteiger partial charge in [-0.25, -0.2) is 0 Å². The standard InChI is InChI=1S/C12H16BrClN2O/c1-17-12-10(13)5-8(14)6-11(12)16-9-3-2-4-15-7-9/h5-6,9,15-16H,2-4,7H2,1H3. The zero-order valence-electron chi connectivity index (χ0n) is 9.72. The summed E-state index contributed by atoms with van der Waals surface area (Å²) in [5.41, 5.74) is 0.945. The van der Waals surface area contributed by atoms with Crippen molar-refractivity contribution in [2.24, 2.45) is 0 Å². The number of nitrogens with one attached hydrogen (secondary N) is 2. The number of hydrogen-bond donors (Lipinski definition) is 2. The molecule has 1 fully saturated rings. The predicted molar refractivity (Wildman–Crippen MR) is 75.2 cm³/mol. The molecule has 0 amide bonds. The monoisotopic (exact) mass is 318 g/mol. The molecule has 2 rings (SSSR count). The lowest BCUT2D eigenvalue weighted by Crippen LogP contribution is -2.38. The van der Waals surface area contributed by atoms with Crippen molar-refractivity contribution in [3.8, 4) is 5.75 Å². The number of rotatable bonds is 3. The maximum absolute atomic E-state index is 6.06. The van der Waals surface area contributed by atoms with Gasteiger partial charge < -0.3 is 15.4 Å². The number of piperidine rings is 1. The summed E-state index contributed by atoms with van der Waals surface area (Å²) in [7, 11) is 1.66. The van der Waals surface area contributed by atoms with Crippen molar-refractivity contribution in [1.29, 1.82) is 0 Å². The molecule has 2 N–H and O–H groups in total. The van der Waals surface area contributed by atoms with Gasteiger partial charge in [-0.05, 0) is 47.4 Å². The molecule has 0 radical (unpaired) electrons. The number of hydrogen-bond acceptors (Lipinski definition) is 3. The Morgan fingerprint density at radius 3 is 3.00 bits per heavy atom. The van der Waals surface area contributed by atoms with E-state index in [0.29, 0.717) is 11.1 Å². The zero-order chi connectivity index (χ0) is 12.3. The summed E-state index contributed by atoms with van der Waals surface area (Å²) >= 11 is 9.51. The number of methoxy groups -OCH3 is 1. The van der Waals surface area contributed by atoms with Crippen LogP contribution in [0.3, 0.4) is 0 Å². The molecule has 5 heteroatoms. The minimum absolute atomic E-state index is 0.433. The molecule has 1 aliphatic heterocycles. The highest BCUT2D eigenvalue weighted by Gasteiger charge is 2.16. The summed E-state index contributed by atoms with van der Waals surface area (Å²) in [5.74, 6) is 0.806. The van der Waals surface area contributed by atoms with E-state index in [1.807, 2.05) is 12.1 Å². The van der Waals surface area contributed by atoms with Crippen LogP contribution in [-0.2, 0) is 0 Å². The molecule has 94 valence electrons. The third-order valence-electron chi connectivity index (χ3n) is 2.87. The molecule has 3 nitrogen and oxygen atoms in total. The van der Waals surface area contributed by atoms with Crippen LogP contribution in [0.15, 0.2) is 16.6 Å². The van der Waals surface area contributed by atoms with Crippen molar-refractivity contribution < 1.29 is 4.74 Å². The lowest BCUT2D eigenvalue weighted by Gasteiger charge is -2.26. The highest BCUT2D eigenvalue weighted by molar-refractivity contribution is 9.10. The van der Waals surface area contributed by atoms with Crippen LogP contribution < -0.4 is 15.4 Å². The van der Waals surface area contributed by atoms with Gasteiger partial charge >= 0.3 is 0 Å². The Balaban J connectivity index is 2.18. The van der Waals surface area contributed by atoms with Crippen molar-refractivity contribution in [2.75, 3.05) is 25.5 Å². The molecule has 1 aromatic carbocycles. The molecule has 1 aromatic rings. The summed E-state index contributed by atoms with van der Waals surface area (Å²) in [6, 6.07) is 4.17. The van der Waals surface area contributed by atoms with Gasteiger partial charge in [-0.3, -0.25) is 0 Å². The van der Waals surface area contributed by atoms with Crippen LogP contribution in [0, 0.1) is 0 Å². The fourth-order valence-corrected chi connectivity index (χ4v) is 3.04. The van der Waals surface area contributed by atoms with Crippen molar-refractivity contribution in [3.63, 3.8) is 0 Å². The largest absolute Gasteiger partial charge is 0.493 e. The minimum atomic E-state index is 0.433. The van der Waals surface area contributed by atoms with Gasteiger partial charge in [-0.1, -0.05) is 11.6 Å². The van der Waals surface area contributed by atoms with Crippen LogP contribution in [0.4, 0.5) is 5.69 Å². The molecule has 1 saturated heterocycles. The van der Waals surface area contributed by atoms with Crippen molar-refractivity contribution in [2.45, 2.75) is 18.9 Å². The number of benzene rings is 1. The maximum atomic E-state index is 6.06. The fraction of sp³-hybridized carbons (Fsp3) is 0.500. The van der Waals surface area contributed by atoms with E-state index < -0.39 is 0 Å². The number of anilines is 1. The van der Waals surface area contributed by atoms with E-state index >= 15 is 0 Å². The Morgan fingerprint density at radius 2 is 2.35 bits per heavy atom. The Kier molecular flexibility index (Phi) is 4.54. The molecule has 0 spiro atoms. The summed E-state index contributed by atoms with van der Waals surface area (Å²) in [6.45, 7) is 2.09. The number of ether oxygens (including phenoxy) is 1. The first-order valence-electron chi connectivity index (χ1n) is 5.71. The first kappa shape index (κ1) is 13.0. The van der Waals surface area contributed by atoms with E-state index in [0.717, 1.165) is 29.0 Å². The van der Waals surface area contributed by atoms with Crippen LogP contribution in [-0.4, -0.2) is 26.2 Å². The molecule has 0 bridgehead atoms. The Morgan fingerprint density at radius 1 is 1.53 bits per heavy atom. The average molecular weight is 320 g/mol. The van der Waals surface area contributed by atoms with Gasteiger partial charge in [0.15, 0.2) is 5.75 Å². The van der Waals surface area contributed by atoms with E-state index in [1.54, 1.807) is 7.11 Å². The zero-order valence-corrected chi connectivity index (χ0v) is 12.1. The third-order valence-corrected chi connectivity index (χ3v) is 3.68. The molecular weight excluding hydrogens is 304 g/mol. The molecule has 1 atom stereocenters. The average Bonchev–Trinajstić information content (AvgIpc) is 2.30. The molecule has 1 heterocycles. The highest BCUT2D eigenvalue weighted by Crippen LogP contribution is 2.36. The molecule has 1 aliphatic rings. The van der Waals surface area contributed by atoms with Gasteiger partial charge in [0.1, 0.15) is 0 Å². The SMILES string of the molecule is COc1c(Br)cc(Cl)cc1NC1CCCNC1. The Labute approximate surface area is 115 Å². The van der Waals surface area contributed by atoms with E-state index in [1.165, 1.54) is 12.8 Å². The van der Waals surface area contributed by atoms with E-state index in [-0.39, 0.29) is 0 Å². The topological polar surface area (TPSA) is 33.3 Å². The molecular formula is C12H16BrClN2O. The van der Waals surface area contributed by atoms with Crippen LogP contribution in [0.2, 0.25) is 5.02 Å². The fourth-order valence-electron chi connectivity index (χ4n) is 2.07. The number of halogens is 2. The lowest BCUT2D eigenvalue weighted by molar-refractivity contribution is 0.411. The first-order chi connectivity index (χ1) is 8.20. The van der Waals surface area contributed by atoms with Gasteiger partial charge in [0.2, 0.25) is 0 Å². The minimum Gasteiger partial charge on any atom is -0.493 e. The second-order valence-electron chi connectivity index (χ2n) is 4.16. The van der Waals surface area contributed by atoms with Gasteiger partial charge in [-0.2, -0.15) is 0 Å².